The summed E-state index contributed by atoms with van der Waals surface area (Å²) in [5.74, 6) is 0. The maximum Gasteiger partial charge on any atom is 1.00 e. The van der Waals surface area contributed by atoms with Crippen LogP contribution in [0, 0.1) is 0 Å². The van der Waals surface area contributed by atoms with Gasteiger partial charge < -0.3 is 32.3 Å². The SMILES string of the molecule is F[B-](F)(F)F.[K+].[K+].[K+].[O-]B([O-])O. The summed E-state index contributed by atoms with van der Waals surface area (Å²) in [6.45, 7) is 0. The third-order valence-corrected chi connectivity index (χ3v) is 0. The molecule has 0 atom stereocenters. The minimum Gasteiger partial charge on any atom is -0.871 e. The average molecular weight is 264 g/mol. The summed E-state index contributed by atoms with van der Waals surface area (Å²) in [7, 11) is -8.67. The van der Waals surface area contributed by atoms with Crippen molar-refractivity contribution in [1.82, 2.24) is 0 Å². The molecular weight excluding hydrogens is 263 g/mol. The first-order valence-corrected chi connectivity index (χ1v) is 1.60. The molecule has 1 N–H and O–H groups in total. The monoisotopic (exact) mass is 264 g/mol. The van der Waals surface area contributed by atoms with E-state index in [4.69, 9.17) is 15.1 Å². The fourth-order valence-corrected chi connectivity index (χ4v) is 0. The Morgan fingerprint density at radius 2 is 0.917 bits per heavy atom. The van der Waals surface area contributed by atoms with E-state index < -0.39 is 14.6 Å². The van der Waals surface area contributed by atoms with Gasteiger partial charge in [-0.3, -0.25) is 0 Å². The van der Waals surface area contributed by atoms with Gasteiger partial charge in [0.1, 0.15) is 0 Å². The van der Waals surface area contributed by atoms with Gasteiger partial charge in [-0.25, -0.2) is 0 Å². The maximum absolute atomic E-state index is 9.75. The normalized spacial score (nSPS) is 7.25. The fourth-order valence-electron chi connectivity index (χ4n) is 0. The first kappa shape index (κ1) is 30.0. The van der Waals surface area contributed by atoms with Crippen LogP contribution in [-0.4, -0.2) is 19.6 Å². The molecule has 12 heavy (non-hydrogen) atoms. The third-order valence-electron chi connectivity index (χ3n) is 0. The Morgan fingerprint density at radius 1 is 0.917 bits per heavy atom. The zero-order valence-corrected chi connectivity index (χ0v) is 16.3. The zero-order chi connectivity index (χ0) is 8.08. The molecule has 12 heteroatoms. The summed E-state index contributed by atoms with van der Waals surface area (Å²) in [6, 6.07) is 0. The summed E-state index contributed by atoms with van der Waals surface area (Å²) in [5.41, 5.74) is 0. The van der Waals surface area contributed by atoms with Crippen LogP contribution >= 0.6 is 0 Å². The number of hydrogen-bond donors (Lipinski definition) is 1. The zero-order valence-electron chi connectivity index (χ0n) is 6.93. The van der Waals surface area contributed by atoms with E-state index in [2.05, 4.69) is 0 Å². The van der Waals surface area contributed by atoms with Gasteiger partial charge in [-0.15, -0.1) is 0 Å². The molecule has 0 fully saturated rings. The Bertz CT molecular complexity index is 60.3. The molecule has 0 aromatic heterocycles. The molecule has 0 spiro atoms. The molecule has 0 unspecified atom stereocenters. The van der Waals surface area contributed by atoms with Gasteiger partial charge in [0.2, 0.25) is 0 Å². The van der Waals surface area contributed by atoms with Crippen molar-refractivity contribution in [3.05, 3.63) is 0 Å². The summed E-state index contributed by atoms with van der Waals surface area (Å²) in [5, 5.41) is 24.0. The Labute approximate surface area is 195 Å². The van der Waals surface area contributed by atoms with Crippen molar-refractivity contribution in [3.63, 3.8) is 0 Å². The Morgan fingerprint density at radius 3 is 0.917 bits per heavy atom. The second-order valence-corrected chi connectivity index (χ2v) is 0.802. The van der Waals surface area contributed by atoms with Gasteiger partial charge in [0.05, 0.1) is 7.32 Å². The molecule has 0 radical (unpaired) electrons. The van der Waals surface area contributed by atoms with E-state index >= 15 is 0 Å². The smallest absolute Gasteiger partial charge is 0.871 e. The summed E-state index contributed by atoms with van der Waals surface area (Å²) in [6.07, 6.45) is 0. The standard InChI is InChI=1S/BF4.BHO3.3K/c2-1(3,4)5;2-1(3)4;;;/h;2H;;;/q-1;-2;3*+1. The summed E-state index contributed by atoms with van der Waals surface area (Å²) < 4.78 is 39.0. The Balaban J connectivity index is -0.0000000221. The van der Waals surface area contributed by atoms with Crippen molar-refractivity contribution in [3.8, 4) is 0 Å². The van der Waals surface area contributed by atoms with Crippen molar-refractivity contribution < 1.29 is 186 Å². The molecule has 56 valence electrons. The predicted octanol–water partition coefficient (Wildman–Crippen LogP) is -11.0. The summed E-state index contributed by atoms with van der Waals surface area (Å²) in [4.78, 5) is 0. The van der Waals surface area contributed by atoms with E-state index in [1.54, 1.807) is 0 Å². The van der Waals surface area contributed by atoms with Crippen molar-refractivity contribution in [2.45, 2.75) is 0 Å². The molecule has 0 aliphatic carbocycles. The molecule has 0 aliphatic heterocycles. The van der Waals surface area contributed by atoms with E-state index in [9.17, 15) is 17.3 Å². The van der Waals surface area contributed by atoms with E-state index in [1.807, 2.05) is 0 Å². The van der Waals surface area contributed by atoms with Gasteiger partial charge in [-0.2, -0.15) is 0 Å². The Kier molecular flexibility index (Phi) is 45.1. The molecular formula is HB2F4K3O3. The molecule has 0 aromatic carbocycles. The van der Waals surface area contributed by atoms with Crippen LogP contribution in [0.15, 0.2) is 0 Å². The van der Waals surface area contributed by atoms with Crippen LogP contribution in [0.2, 0.25) is 0 Å². The first-order chi connectivity index (χ1) is 3.73. The van der Waals surface area contributed by atoms with E-state index in [-0.39, 0.29) is 154 Å². The topological polar surface area (TPSA) is 66.3 Å². The first-order valence-electron chi connectivity index (χ1n) is 1.60. The molecule has 0 bridgehead atoms. The van der Waals surface area contributed by atoms with Crippen LogP contribution in [0.4, 0.5) is 17.3 Å². The van der Waals surface area contributed by atoms with E-state index in [0.717, 1.165) is 0 Å². The number of rotatable bonds is 0. The molecule has 0 saturated heterocycles. The van der Waals surface area contributed by atoms with Gasteiger partial charge in [0.25, 0.3) is 0 Å². The van der Waals surface area contributed by atoms with Crippen molar-refractivity contribution in [1.29, 1.82) is 0 Å². The van der Waals surface area contributed by atoms with Crippen molar-refractivity contribution >= 4 is 14.6 Å². The fraction of sp³-hybridized carbons (Fsp3) is 0. The van der Waals surface area contributed by atoms with Crippen LogP contribution in [-0.2, 0) is 0 Å². The van der Waals surface area contributed by atoms with Crippen LogP contribution in [0.3, 0.4) is 0 Å². The van der Waals surface area contributed by atoms with Crippen LogP contribution < -0.4 is 164 Å². The maximum atomic E-state index is 9.75. The number of halogens is 4. The molecule has 0 heterocycles. The predicted molar refractivity (Wildman–Crippen MR) is 18.2 cm³/mol. The van der Waals surface area contributed by atoms with Gasteiger partial charge in [0.15, 0.2) is 0 Å². The third kappa shape index (κ3) is 127. The quantitative estimate of drug-likeness (QED) is 0.349. The minimum atomic E-state index is -6.00. The largest absolute Gasteiger partial charge is 1.00 e. The van der Waals surface area contributed by atoms with Gasteiger partial charge in [0, 0.05) is 0 Å². The van der Waals surface area contributed by atoms with Gasteiger partial charge >= 0.3 is 161 Å². The minimum absolute atomic E-state index is 0. The van der Waals surface area contributed by atoms with E-state index in [0.29, 0.717) is 0 Å². The van der Waals surface area contributed by atoms with Gasteiger partial charge in [-0.05, 0) is 0 Å². The van der Waals surface area contributed by atoms with Crippen molar-refractivity contribution in [2.75, 3.05) is 0 Å². The Hall–Kier alpha value is 4.64. The van der Waals surface area contributed by atoms with E-state index in [1.165, 1.54) is 0 Å². The molecule has 0 aromatic rings. The second-order valence-electron chi connectivity index (χ2n) is 0.802. The van der Waals surface area contributed by atoms with Crippen LogP contribution in [0.1, 0.15) is 0 Å². The van der Waals surface area contributed by atoms with Gasteiger partial charge in [-0.1, -0.05) is 0 Å². The molecule has 0 rings (SSSR count). The van der Waals surface area contributed by atoms with Crippen LogP contribution in [0.5, 0.6) is 0 Å². The molecule has 0 amide bonds. The molecule has 0 aliphatic rings. The van der Waals surface area contributed by atoms with Crippen LogP contribution in [0.25, 0.3) is 0 Å². The summed E-state index contributed by atoms with van der Waals surface area (Å²) >= 11 is 0. The number of hydrogen-bond acceptors (Lipinski definition) is 3. The van der Waals surface area contributed by atoms with Crippen molar-refractivity contribution in [2.24, 2.45) is 0 Å². The average Bonchev–Trinajstić information content (AvgIpc) is 1.19. The molecule has 3 nitrogen and oxygen atoms in total. The second kappa shape index (κ2) is 18.0. The molecule has 0 saturated carbocycles.